The SMILES string of the molecule is Cc1cc(C)cc(NC(=O)Nc2ccc3[nH]c(=S)[nH]c3c2)c1. The second-order valence-corrected chi connectivity index (χ2v) is 5.70. The molecule has 0 radical (unpaired) electrons. The number of fused-ring (bicyclic) bond motifs is 1. The molecule has 3 aromatic rings. The minimum atomic E-state index is -0.279. The molecule has 22 heavy (non-hydrogen) atoms. The molecule has 0 spiro atoms. The molecule has 0 saturated carbocycles. The van der Waals surface area contributed by atoms with Crippen molar-refractivity contribution in [2.45, 2.75) is 13.8 Å². The minimum absolute atomic E-state index is 0.279. The first-order valence-electron chi connectivity index (χ1n) is 6.88. The van der Waals surface area contributed by atoms with Gasteiger partial charge in [0.1, 0.15) is 0 Å². The smallest absolute Gasteiger partial charge is 0.323 e. The van der Waals surface area contributed by atoms with Crippen molar-refractivity contribution in [2.24, 2.45) is 0 Å². The number of rotatable bonds is 2. The van der Waals surface area contributed by atoms with Gasteiger partial charge in [-0.15, -0.1) is 0 Å². The number of amides is 2. The van der Waals surface area contributed by atoms with Crippen molar-refractivity contribution >= 4 is 40.7 Å². The van der Waals surface area contributed by atoms with Crippen LogP contribution in [0.1, 0.15) is 11.1 Å². The number of hydrogen-bond donors (Lipinski definition) is 4. The molecule has 3 rings (SSSR count). The van der Waals surface area contributed by atoms with E-state index in [1.807, 2.05) is 44.2 Å². The molecule has 0 aliphatic rings. The molecule has 0 aliphatic carbocycles. The summed E-state index contributed by atoms with van der Waals surface area (Å²) in [6.45, 7) is 4.00. The van der Waals surface area contributed by atoms with Crippen molar-refractivity contribution in [1.82, 2.24) is 9.97 Å². The summed E-state index contributed by atoms with van der Waals surface area (Å²) in [5.41, 5.74) is 5.45. The Bertz CT molecular complexity index is 890. The molecule has 1 heterocycles. The Morgan fingerprint density at radius 2 is 1.55 bits per heavy atom. The molecule has 0 unspecified atom stereocenters. The highest BCUT2D eigenvalue weighted by atomic mass is 32.1. The standard InChI is InChI=1S/C16H16N4OS/c1-9-5-10(2)7-12(6-9)18-15(21)17-11-3-4-13-14(8-11)20-16(22)19-13/h3-8H,1-2H3,(H2,17,18,21)(H2,19,20,22). The van der Waals surface area contributed by atoms with Crippen LogP contribution >= 0.6 is 12.2 Å². The number of aromatic nitrogens is 2. The van der Waals surface area contributed by atoms with E-state index in [4.69, 9.17) is 12.2 Å². The number of H-pyrrole nitrogens is 2. The van der Waals surface area contributed by atoms with Crippen LogP contribution in [0.3, 0.4) is 0 Å². The Kier molecular flexibility index (Phi) is 3.68. The largest absolute Gasteiger partial charge is 0.331 e. The van der Waals surface area contributed by atoms with Crippen molar-refractivity contribution in [3.05, 3.63) is 52.3 Å². The van der Waals surface area contributed by atoms with E-state index in [0.29, 0.717) is 10.5 Å². The monoisotopic (exact) mass is 312 g/mol. The number of benzene rings is 2. The Morgan fingerprint density at radius 1 is 0.909 bits per heavy atom. The fourth-order valence-electron chi connectivity index (χ4n) is 2.45. The number of nitrogens with one attached hydrogen (secondary N) is 4. The number of carbonyl (C=O) groups is 1. The molecule has 6 heteroatoms. The average molecular weight is 312 g/mol. The lowest BCUT2D eigenvalue weighted by molar-refractivity contribution is 0.262. The Hall–Kier alpha value is -2.60. The summed E-state index contributed by atoms with van der Waals surface area (Å²) in [5.74, 6) is 0. The van der Waals surface area contributed by atoms with Crippen molar-refractivity contribution in [3.8, 4) is 0 Å². The number of aryl methyl sites for hydroxylation is 2. The molecular weight excluding hydrogens is 296 g/mol. The van der Waals surface area contributed by atoms with Crippen molar-refractivity contribution in [3.63, 3.8) is 0 Å². The number of imidazole rings is 1. The van der Waals surface area contributed by atoms with E-state index in [2.05, 4.69) is 26.7 Å². The molecule has 112 valence electrons. The summed E-state index contributed by atoms with van der Waals surface area (Å²) in [6.07, 6.45) is 0. The van der Waals surface area contributed by atoms with E-state index >= 15 is 0 Å². The summed E-state index contributed by atoms with van der Waals surface area (Å²) in [4.78, 5) is 18.1. The maximum Gasteiger partial charge on any atom is 0.323 e. The van der Waals surface area contributed by atoms with Gasteiger partial charge in [0.25, 0.3) is 0 Å². The quantitative estimate of drug-likeness (QED) is 0.527. The van der Waals surface area contributed by atoms with Gasteiger partial charge in [-0.3, -0.25) is 0 Å². The first-order valence-corrected chi connectivity index (χ1v) is 7.29. The zero-order valence-corrected chi connectivity index (χ0v) is 13.1. The highest BCUT2D eigenvalue weighted by molar-refractivity contribution is 7.71. The van der Waals surface area contributed by atoms with Gasteiger partial charge in [-0.1, -0.05) is 6.07 Å². The fourth-order valence-corrected chi connectivity index (χ4v) is 2.67. The van der Waals surface area contributed by atoms with Crippen LogP contribution in [0.4, 0.5) is 16.2 Å². The van der Waals surface area contributed by atoms with Crippen molar-refractivity contribution in [2.75, 3.05) is 10.6 Å². The van der Waals surface area contributed by atoms with Gasteiger partial charge < -0.3 is 20.6 Å². The predicted octanol–water partition coefficient (Wildman–Crippen LogP) is 4.49. The summed E-state index contributed by atoms with van der Waals surface area (Å²) in [5, 5.41) is 5.65. The molecule has 0 atom stereocenters. The molecule has 0 fully saturated rings. The van der Waals surface area contributed by atoms with E-state index in [0.717, 1.165) is 27.8 Å². The van der Waals surface area contributed by atoms with Crippen LogP contribution < -0.4 is 10.6 Å². The Balaban J connectivity index is 1.76. The fraction of sp³-hybridized carbons (Fsp3) is 0.125. The normalized spacial score (nSPS) is 10.6. The number of hydrogen-bond acceptors (Lipinski definition) is 2. The maximum atomic E-state index is 12.1. The second kappa shape index (κ2) is 5.65. The van der Waals surface area contributed by atoms with Crippen LogP contribution in [-0.4, -0.2) is 16.0 Å². The van der Waals surface area contributed by atoms with E-state index in [9.17, 15) is 4.79 Å². The first kappa shape index (κ1) is 14.3. The summed E-state index contributed by atoms with van der Waals surface area (Å²) in [7, 11) is 0. The van der Waals surface area contributed by atoms with Gasteiger partial charge in [0.2, 0.25) is 0 Å². The van der Waals surface area contributed by atoms with Gasteiger partial charge >= 0.3 is 6.03 Å². The third-order valence-corrected chi connectivity index (χ3v) is 3.46. The molecule has 0 aliphatic heterocycles. The van der Waals surface area contributed by atoms with Crippen LogP contribution in [0, 0.1) is 18.6 Å². The second-order valence-electron chi connectivity index (χ2n) is 5.29. The summed E-state index contributed by atoms with van der Waals surface area (Å²) < 4.78 is 0.562. The van der Waals surface area contributed by atoms with Gasteiger partial charge in [0.15, 0.2) is 4.77 Å². The predicted molar refractivity (Wildman–Crippen MR) is 92.0 cm³/mol. The van der Waals surface area contributed by atoms with Gasteiger partial charge in [-0.2, -0.15) is 0 Å². The molecule has 1 aromatic heterocycles. The Labute approximate surface area is 132 Å². The van der Waals surface area contributed by atoms with Crippen molar-refractivity contribution < 1.29 is 4.79 Å². The zero-order chi connectivity index (χ0) is 15.7. The van der Waals surface area contributed by atoms with E-state index in [-0.39, 0.29) is 6.03 Å². The first-order chi connectivity index (χ1) is 10.5. The van der Waals surface area contributed by atoms with Gasteiger partial charge in [-0.25, -0.2) is 4.79 Å². The highest BCUT2D eigenvalue weighted by Gasteiger charge is 2.05. The third-order valence-electron chi connectivity index (χ3n) is 3.25. The van der Waals surface area contributed by atoms with Gasteiger partial charge in [-0.05, 0) is 67.5 Å². The summed E-state index contributed by atoms with van der Waals surface area (Å²) >= 11 is 5.04. The van der Waals surface area contributed by atoms with Gasteiger partial charge in [0.05, 0.1) is 11.0 Å². The molecule has 5 nitrogen and oxygen atoms in total. The summed E-state index contributed by atoms with van der Waals surface area (Å²) in [6, 6.07) is 11.2. The lowest BCUT2D eigenvalue weighted by Crippen LogP contribution is -2.19. The zero-order valence-electron chi connectivity index (χ0n) is 12.3. The minimum Gasteiger partial charge on any atom is -0.331 e. The molecule has 0 bridgehead atoms. The van der Waals surface area contributed by atoms with E-state index < -0.39 is 0 Å². The lowest BCUT2D eigenvalue weighted by atomic mass is 10.1. The topological polar surface area (TPSA) is 72.7 Å². The maximum absolute atomic E-state index is 12.1. The molecular formula is C16H16N4OS. The average Bonchev–Trinajstić information content (AvgIpc) is 2.76. The lowest BCUT2D eigenvalue weighted by Gasteiger charge is -2.09. The number of urea groups is 1. The van der Waals surface area contributed by atoms with Crippen LogP contribution in [0.25, 0.3) is 11.0 Å². The van der Waals surface area contributed by atoms with Gasteiger partial charge in [0, 0.05) is 11.4 Å². The van der Waals surface area contributed by atoms with E-state index in [1.54, 1.807) is 0 Å². The van der Waals surface area contributed by atoms with Crippen LogP contribution in [0.2, 0.25) is 0 Å². The molecule has 4 N–H and O–H groups in total. The molecule has 2 amide bonds. The Morgan fingerprint density at radius 3 is 2.27 bits per heavy atom. The van der Waals surface area contributed by atoms with Crippen LogP contribution in [0.15, 0.2) is 36.4 Å². The molecule has 2 aromatic carbocycles. The molecule has 0 saturated heterocycles. The number of anilines is 2. The van der Waals surface area contributed by atoms with Crippen LogP contribution in [-0.2, 0) is 0 Å². The van der Waals surface area contributed by atoms with Crippen molar-refractivity contribution in [1.29, 1.82) is 0 Å². The third kappa shape index (κ3) is 3.17. The number of carbonyl (C=O) groups excluding carboxylic acids is 1. The van der Waals surface area contributed by atoms with E-state index in [1.165, 1.54) is 0 Å². The number of aromatic amines is 2. The highest BCUT2D eigenvalue weighted by Crippen LogP contribution is 2.17. The van der Waals surface area contributed by atoms with Crippen LogP contribution in [0.5, 0.6) is 0 Å².